The number of rotatable bonds is 4. The molecule has 0 rings (SSSR count). The van der Waals surface area contributed by atoms with Crippen LogP contribution in [0.2, 0.25) is 0 Å². The Bertz CT molecular complexity index is 145. The lowest BCUT2D eigenvalue weighted by molar-refractivity contribution is -0.120. The van der Waals surface area contributed by atoms with E-state index >= 15 is 0 Å². The van der Waals surface area contributed by atoms with Crippen LogP contribution >= 0.6 is 15.9 Å². The average Bonchev–Trinajstić information content (AvgIpc) is 1.84. The van der Waals surface area contributed by atoms with Crippen molar-refractivity contribution in [3.8, 4) is 0 Å². The third-order valence-electron chi connectivity index (χ3n) is 1.57. The van der Waals surface area contributed by atoms with E-state index in [-0.39, 0.29) is 16.8 Å². The fourth-order valence-corrected chi connectivity index (χ4v) is 1.26. The fraction of sp³-hybridized carbons (Fsp3) is 0.889. The van der Waals surface area contributed by atoms with Crippen molar-refractivity contribution >= 4 is 21.8 Å². The van der Waals surface area contributed by atoms with Crippen LogP contribution in [0.5, 0.6) is 0 Å². The zero-order valence-electron chi connectivity index (χ0n) is 8.23. The van der Waals surface area contributed by atoms with Gasteiger partial charge in [0, 0.05) is 6.04 Å². The highest BCUT2D eigenvalue weighted by molar-refractivity contribution is 9.10. The monoisotopic (exact) mass is 235 g/mol. The van der Waals surface area contributed by atoms with Crippen molar-refractivity contribution in [2.24, 2.45) is 5.92 Å². The molecule has 0 saturated heterocycles. The molecule has 0 aliphatic carbocycles. The summed E-state index contributed by atoms with van der Waals surface area (Å²) in [5.74, 6) is 0.703. The van der Waals surface area contributed by atoms with E-state index < -0.39 is 0 Å². The summed E-state index contributed by atoms with van der Waals surface area (Å²) in [6.07, 6.45) is 1.03. The van der Waals surface area contributed by atoms with E-state index in [0.717, 1.165) is 6.42 Å². The number of nitrogens with one attached hydrogen (secondary N) is 1. The molecule has 0 aromatic heterocycles. The maximum Gasteiger partial charge on any atom is 0.233 e. The molecule has 1 N–H and O–H groups in total. The van der Waals surface area contributed by atoms with Gasteiger partial charge in [0.1, 0.15) is 0 Å². The van der Waals surface area contributed by atoms with Gasteiger partial charge in [0.05, 0.1) is 4.83 Å². The zero-order valence-corrected chi connectivity index (χ0v) is 9.81. The molecule has 0 fully saturated rings. The summed E-state index contributed by atoms with van der Waals surface area (Å²) in [6.45, 7) is 8.17. The summed E-state index contributed by atoms with van der Waals surface area (Å²) in [5, 5.41) is 2.92. The van der Waals surface area contributed by atoms with Gasteiger partial charge >= 0.3 is 0 Å². The Balaban J connectivity index is 3.69. The van der Waals surface area contributed by atoms with Crippen molar-refractivity contribution in [1.29, 1.82) is 0 Å². The lowest BCUT2D eigenvalue weighted by Gasteiger charge is -2.16. The van der Waals surface area contributed by atoms with Crippen LogP contribution in [0.15, 0.2) is 0 Å². The predicted octanol–water partition coefficient (Wildman–Crippen LogP) is 2.32. The lowest BCUT2D eigenvalue weighted by Crippen LogP contribution is -2.37. The molecule has 0 heterocycles. The Morgan fingerprint density at radius 3 is 2.17 bits per heavy atom. The van der Waals surface area contributed by atoms with E-state index in [9.17, 15) is 4.79 Å². The van der Waals surface area contributed by atoms with Crippen LogP contribution in [0.4, 0.5) is 0 Å². The molecule has 72 valence electrons. The van der Waals surface area contributed by atoms with Gasteiger partial charge in [-0.25, -0.2) is 0 Å². The average molecular weight is 236 g/mol. The van der Waals surface area contributed by atoms with Crippen LogP contribution in [0.3, 0.4) is 0 Å². The second kappa shape index (κ2) is 5.57. The molecular formula is C9H18BrNO. The van der Waals surface area contributed by atoms with Gasteiger partial charge in [-0.2, -0.15) is 0 Å². The highest BCUT2D eigenvalue weighted by atomic mass is 79.9. The molecule has 3 heteroatoms. The van der Waals surface area contributed by atoms with E-state index in [1.165, 1.54) is 0 Å². The highest BCUT2D eigenvalue weighted by Gasteiger charge is 2.12. The normalized spacial score (nSPS) is 15.8. The van der Waals surface area contributed by atoms with E-state index in [4.69, 9.17) is 0 Å². The summed E-state index contributed by atoms with van der Waals surface area (Å²) in [5.41, 5.74) is 0. The second-order valence-corrected chi connectivity index (χ2v) is 5.03. The molecular weight excluding hydrogens is 218 g/mol. The number of carbonyl (C=O) groups is 1. The zero-order chi connectivity index (χ0) is 9.72. The number of carbonyl (C=O) groups excluding carboxylic acids is 1. The molecule has 0 saturated carbocycles. The molecule has 1 amide bonds. The first-order valence-electron chi connectivity index (χ1n) is 4.38. The first-order chi connectivity index (χ1) is 5.43. The van der Waals surface area contributed by atoms with E-state index in [0.29, 0.717) is 5.92 Å². The number of amides is 1. The number of hydrogen-bond acceptors (Lipinski definition) is 1. The van der Waals surface area contributed by atoms with Crippen molar-refractivity contribution in [2.75, 3.05) is 0 Å². The van der Waals surface area contributed by atoms with E-state index in [1.807, 2.05) is 13.8 Å². The Morgan fingerprint density at radius 2 is 1.83 bits per heavy atom. The standard InChI is InChI=1S/C9H18BrNO/c1-6(2)5-7(3)11-9(12)8(4)10/h6-8H,5H2,1-4H3,(H,11,12). The van der Waals surface area contributed by atoms with Gasteiger partial charge in [0.25, 0.3) is 0 Å². The molecule has 2 nitrogen and oxygen atoms in total. The summed E-state index contributed by atoms with van der Waals surface area (Å²) < 4.78 is 0. The largest absolute Gasteiger partial charge is 0.353 e. The summed E-state index contributed by atoms with van der Waals surface area (Å²) in [6, 6.07) is 0.275. The van der Waals surface area contributed by atoms with Crippen molar-refractivity contribution in [1.82, 2.24) is 5.32 Å². The predicted molar refractivity (Wildman–Crippen MR) is 55.4 cm³/mol. The molecule has 0 spiro atoms. The minimum atomic E-state index is -0.0906. The topological polar surface area (TPSA) is 29.1 Å². The van der Waals surface area contributed by atoms with Crippen LogP contribution in [-0.4, -0.2) is 16.8 Å². The molecule has 2 atom stereocenters. The van der Waals surface area contributed by atoms with Gasteiger partial charge in [-0.05, 0) is 26.2 Å². The fourth-order valence-electron chi connectivity index (χ4n) is 1.12. The second-order valence-electron chi connectivity index (χ2n) is 3.66. The van der Waals surface area contributed by atoms with Crippen LogP contribution in [-0.2, 0) is 4.79 Å². The minimum absolute atomic E-state index is 0.0724. The van der Waals surface area contributed by atoms with Gasteiger partial charge in [0.2, 0.25) is 5.91 Å². The van der Waals surface area contributed by atoms with Crippen molar-refractivity contribution < 1.29 is 4.79 Å². The molecule has 0 radical (unpaired) electrons. The molecule has 0 aromatic rings. The number of hydrogen-bond donors (Lipinski definition) is 1. The third-order valence-corrected chi connectivity index (χ3v) is 1.99. The number of alkyl halides is 1. The minimum Gasteiger partial charge on any atom is -0.353 e. The SMILES string of the molecule is CC(C)CC(C)NC(=O)C(C)Br. The Hall–Kier alpha value is -0.0500. The number of halogens is 1. The summed E-state index contributed by atoms with van der Waals surface area (Å²) in [4.78, 5) is 11.1. The molecule has 0 aromatic carbocycles. The van der Waals surface area contributed by atoms with Crippen LogP contribution in [0, 0.1) is 5.92 Å². The van der Waals surface area contributed by atoms with Crippen LogP contribution < -0.4 is 5.32 Å². The first-order valence-corrected chi connectivity index (χ1v) is 5.29. The molecule has 0 aliphatic rings. The molecule has 0 aliphatic heterocycles. The lowest BCUT2D eigenvalue weighted by atomic mass is 10.1. The van der Waals surface area contributed by atoms with Gasteiger partial charge in [-0.1, -0.05) is 29.8 Å². The maximum atomic E-state index is 11.2. The quantitative estimate of drug-likeness (QED) is 0.745. The first kappa shape index (κ1) is 11.9. The van der Waals surface area contributed by atoms with Crippen LogP contribution in [0.25, 0.3) is 0 Å². The van der Waals surface area contributed by atoms with Gasteiger partial charge < -0.3 is 5.32 Å². The van der Waals surface area contributed by atoms with Gasteiger partial charge in [0.15, 0.2) is 0 Å². The maximum absolute atomic E-state index is 11.2. The van der Waals surface area contributed by atoms with Crippen LogP contribution in [0.1, 0.15) is 34.1 Å². The highest BCUT2D eigenvalue weighted by Crippen LogP contribution is 2.05. The van der Waals surface area contributed by atoms with Gasteiger partial charge in [-0.3, -0.25) is 4.79 Å². The Labute approximate surface area is 83.2 Å². The molecule has 2 unspecified atom stereocenters. The van der Waals surface area contributed by atoms with Gasteiger partial charge in [-0.15, -0.1) is 0 Å². The van der Waals surface area contributed by atoms with E-state index in [1.54, 1.807) is 0 Å². The van der Waals surface area contributed by atoms with E-state index in [2.05, 4.69) is 35.1 Å². The Morgan fingerprint density at radius 1 is 1.33 bits per heavy atom. The summed E-state index contributed by atoms with van der Waals surface area (Å²) >= 11 is 3.22. The Kier molecular flexibility index (Phi) is 5.55. The third kappa shape index (κ3) is 5.58. The smallest absolute Gasteiger partial charge is 0.233 e. The molecule has 0 bridgehead atoms. The van der Waals surface area contributed by atoms with Crippen molar-refractivity contribution in [3.05, 3.63) is 0 Å². The molecule has 12 heavy (non-hydrogen) atoms. The van der Waals surface area contributed by atoms with Crippen molar-refractivity contribution in [2.45, 2.75) is 45.0 Å². The van der Waals surface area contributed by atoms with Crippen molar-refractivity contribution in [3.63, 3.8) is 0 Å². The summed E-state index contributed by atoms with van der Waals surface area (Å²) in [7, 11) is 0.